The van der Waals surface area contributed by atoms with E-state index < -0.39 is 10.5 Å². The SMILES string of the molecule is CCCc1cc(C(=O)Cl)c(C)c(C(=O)Cl)c1CC. The van der Waals surface area contributed by atoms with Crippen LogP contribution >= 0.6 is 23.2 Å². The highest BCUT2D eigenvalue weighted by atomic mass is 35.5. The quantitative estimate of drug-likeness (QED) is 0.758. The Morgan fingerprint density at radius 3 is 2.17 bits per heavy atom. The molecule has 1 aromatic carbocycles. The maximum atomic E-state index is 11.6. The fourth-order valence-electron chi connectivity index (χ4n) is 2.26. The van der Waals surface area contributed by atoms with Crippen molar-refractivity contribution < 1.29 is 9.59 Å². The minimum absolute atomic E-state index is 0.376. The van der Waals surface area contributed by atoms with Crippen LogP contribution in [0.25, 0.3) is 0 Å². The Kier molecular flexibility index (Phi) is 5.36. The zero-order chi connectivity index (χ0) is 13.9. The maximum Gasteiger partial charge on any atom is 0.252 e. The van der Waals surface area contributed by atoms with Gasteiger partial charge in [0.05, 0.1) is 0 Å². The third-order valence-electron chi connectivity index (χ3n) is 3.07. The molecule has 0 N–H and O–H groups in total. The lowest BCUT2D eigenvalue weighted by atomic mass is 9.90. The average Bonchev–Trinajstić information content (AvgIpc) is 2.29. The molecular formula is C14H16Cl2O2. The van der Waals surface area contributed by atoms with Crippen molar-refractivity contribution in [1.29, 1.82) is 0 Å². The molecule has 18 heavy (non-hydrogen) atoms. The summed E-state index contributed by atoms with van der Waals surface area (Å²) in [4.78, 5) is 23.0. The van der Waals surface area contributed by atoms with Gasteiger partial charge in [-0.25, -0.2) is 0 Å². The Balaban J connectivity index is 3.63. The lowest BCUT2D eigenvalue weighted by Crippen LogP contribution is -2.09. The normalized spacial score (nSPS) is 10.5. The third kappa shape index (κ3) is 2.93. The number of carbonyl (C=O) groups excluding carboxylic acids is 2. The highest BCUT2D eigenvalue weighted by molar-refractivity contribution is 6.69. The molecule has 1 aromatic rings. The molecule has 0 saturated carbocycles. The fourth-order valence-corrected chi connectivity index (χ4v) is 2.71. The van der Waals surface area contributed by atoms with Gasteiger partial charge in [-0.15, -0.1) is 0 Å². The molecule has 0 saturated heterocycles. The summed E-state index contributed by atoms with van der Waals surface area (Å²) in [5.74, 6) is 0. The minimum atomic E-state index is -0.549. The molecule has 2 nitrogen and oxygen atoms in total. The van der Waals surface area contributed by atoms with Crippen LogP contribution in [0.4, 0.5) is 0 Å². The van der Waals surface area contributed by atoms with E-state index in [2.05, 4.69) is 0 Å². The molecular weight excluding hydrogens is 271 g/mol. The second-order valence-corrected chi connectivity index (χ2v) is 4.90. The van der Waals surface area contributed by atoms with E-state index in [0.717, 1.165) is 24.0 Å². The van der Waals surface area contributed by atoms with E-state index in [1.165, 1.54) is 0 Å². The molecule has 98 valence electrons. The van der Waals surface area contributed by atoms with Gasteiger partial charge in [0.25, 0.3) is 10.5 Å². The van der Waals surface area contributed by atoms with Crippen LogP contribution in [-0.4, -0.2) is 10.5 Å². The number of halogens is 2. The monoisotopic (exact) mass is 286 g/mol. The molecule has 0 radical (unpaired) electrons. The van der Waals surface area contributed by atoms with Crippen LogP contribution in [0.2, 0.25) is 0 Å². The Morgan fingerprint density at radius 2 is 1.78 bits per heavy atom. The van der Waals surface area contributed by atoms with Crippen LogP contribution < -0.4 is 0 Å². The first-order valence-corrected chi connectivity index (χ1v) is 6.74. The molecule has 0 amide bonds. The summed E-state index contributed by atoms with van der Waals surface area (Å²) >= 11 is 11.2. The van der Waals surface area contributed by atoms with Crippen molar-refractivity contribution in [1.82, 2.24) is 0 Å². The Bertz CT molecular complexity index is 493. The van der Waals surface area contributed by atoms with Gasteiger partial charge in [-0.1, -0.05) is 20.3 Å². The smallest absolute Gasteiger partial charge is 0.252 e. The molecule has 0 atom stereocenters. The molecule has 0 spiro atoms. The number of hydrogen-bond donors (Lipinski definition) is 0. The molecule has 0 heterocycles. The fraction of sp³-hybridized carbons (Fsp3) is 0.429. The highest BCUT2D eigenvalue weighted by Crippen LogP contribution is 2.27. The second kappa shape index (κ2) is 6.35. The predicted molar refractivity (Wildman–Crippen MR) is 74.9 cm³/mol. The van der Waals surface area contributed by atoms with Crippen molar-refractivity contribution in [3.8, 4) is 0 Å². The summed E-state index contributed by atoms with van der Waals surface area (Å²) in [6.07, 6.45) is 2.44. The Labute approximate surface area is 117 Å². The summed E-state index contributed by atoms with van der Waals surface area (Å²) in [6, 6.07) is 1.79. The van der Waals surface area contributed by atoms with Gasteiger partial charge < -0.3 is 0 Å². The lowest BCUT2D eigenvalue weighted by Gasteiger charge is -2.16. The van der Waals surface area contributed by atoms with Gasteiger partial charge in [0.1, 0.15) is 0 Å². The van der Waals surface area contributed by atoms with E-state index in [0.29, 0.717) is 23.1 Å². The van der Waals surface area contributed by atoms with Crippen LogP contribution in [0.3, 0.4) is 0 Å². The molecule has 0 aromatic heterocycles. The minimum Gasteiger partial charge on any atom is -0.276 e. The van der Waals surface area contributed by atoms with Crippen molar-refractivity contribution in [3.63, 3.8) is 0 Å². The van der Waals surface area contributed by atoms with Crippen LogP contribution in [0.5, 0.6) is 0 Å². The highest BCUT2D eigenvalue weighted by Gasteiger charge is 2.20. The van der Waals surface area contributed by atoms with Gasteiger partial charge in [-0.05, 0) is 65.7 Å². The number of aryl methyl sites for hydroxylation is 1. The molecule has 4 heteroatoms. The van der Waals surface area contributed by atoms with Crippen molar-refractivity contribution in [3.05, 3.63) is 33.9 Å². The molecule has 0 aliphatic carbocycles. The average molecular weight is 287 g/mol. The van der Waals surface area contributed by atoms with Crippen LogP contribution in [0.15, 0.2) is 6.07 Å². The summed E-state index contributed by atoms with van der Waals surface area (Å²) in [5, 5.41) is -1.08. The van der Waals surface area contributed by atoms with Crippen LogP contribution in [0, 0.1) is 6.92 Å². The van der Waals surface area contributed by atoms with Gasteiger partial charge in [0.2, 0.25) is 0 Å². The summed E-state index contributed by atoms with van der Waals surface area (Å²) in [7, 11) is 0. The number of benzene rings is 1. The van der Waals surface area contributed by atoms with Gasteiger partial charge in [0, 0.05) is 11.1 Å². The molecule has 1 rings (SSSR count). The number of carbonyl (C=O) groups is 2. The number of rotatable bonds is 5. The molecule has 0 aliphatic heterocycles. The van der Waals surface area contributed by atoms with E-state index in [9.17, 15) is 9.59 Å². The van der Waals surface area contributed by atoms with Crippen molar-refractivity contribution in [2.24, 2.45) is 0 Å². The largest absolute Gasteiger partial charge is 0.276 e. The summed E-state index contributed by atoms with van der Waals surface area (Å²) < 4.78 is 0. The predicted octanol–water partition coefficient (Wildman–Crippen LogP) is 4.27. The first-order valence-electron chi connectivity index (χ1n) is 5.98. The van der Waals surface area contributed by atoms with Crippen molar-refractivity contribution >= 4 is 33.7 Å². The Hall–Kier alpha value is -0.860. The van der Waals surface area contributed by atoms with E-state index in [4.69, 9.17) is 23.2 Å². The summed E-state index contributed by atoms with van der Waals surface area (Å²) in [5.41, 5.74) is 3.30. The van der Waals surface area contributed by atoms with Crippen molar-refractivity contribution in [2.45, 2.75) is 40.0 Å². The van der Waals surface area contributed by atoms with E-state index in [1.54, 1.807) is 13.0 Å². The van der Waals surface area contributed by atoms with Crippen LogP contribution in [0.1, 0.15) is 57.7 Å². The molecule has 0 aliphatic rings. The first kappa shape index (κ1) is 15.2. The molecule has 0 fully saturated rings. The Morgan fingerprint density at radius 1 is 1.17 bits per heavy atom. The molecule has 0 unspecified atom stereocenters. The number of hydrogen-bond acceptors (Lipinski definition) is 2. The summed E-state index contributed by atoms with van der Waals surface area (Å²) in [6.45, 7) is 5.73. The zero-order valence-electron chi connectivity index (χ0n) is 10.8. The van der Waals surface area contributed by atoms with Gasteiger partial charge >= 0.3 is 0 Å². The first-order chi connectivity index (χ1) is 8.43. The van der Waals surface area contributed by atoms with E-state index in [-0.39, 0.29) is 0 Å². The van der Waals surface area contributed by atoms with Gasteiger partial charge in [0.15, 0.2) is 0 Å². The zero-order valence-corrected chi connectivity index (χ0v) is 12.3. The van der Waals surface area contributed by atoms with Gasteiger partial charge in [-0.3, -0.25) is 9.59 Å². The van der Waals surface area contributed by atoms with Crippen LogP contribution in [-0.2, 0) is 12.8 Å². The second-order valence-electron chi connectivity index (χ2n) is 4.21. The molecule has 0 bridgehead atoms. The van der Waals surface area contributed by atoms with E-state index >= 15 is 0 Å². The lowest BCUT2D eigenvalue weighted by molar-refractivity contribution is 0.107. The third-order valence-corrected chi connectivity index (χ3v) is 3.46. The maximum absolute atomic E-state index is 11.6. The van der Waals surface area contributed by atoms with E-state index in [1.807, 2.05) is 13.8 Å². The van der Waals surface area contributed by atoms with Gasteiger partial charge in [-0.2, -0.15) is 0 Å². The van der Waals surface area contributed by atoms with Crippen molar-refractivity contribution in [2.75, 3.05) is 0 Å². The topological polar surface area (TPSA) is 34.1 Å². The standard InChI is InChI=1S/C14H16Cl2O2/c1-4-6-9-7-11(13(15)17)8(3)12(14(16)18)10(9)5-2/h7H,4-6H2,1-3H3.